The fourth-order valence-electron chi connectivity index (χ4n) is 3.77. The topological polar surface area (TPSA) is 23.6 Å². The molecule has 0 aromatic carbocycles. The van der Waals surface area contributed by atoms with Crippen molar-refractivity contribution < 1.29 is 4.79 Å². The summed E-state index contributed by atoms with van der Waals surface area (Å²) in [5.41, 5.74) is 0. The number of amides is 1. The van der Waals surface area contributed by atoms with Gasteiger partial charge in [0.1, 0.15) is 0 Å². The summed E-state index contributed by atoms with van der Waals surface area (Å²) in [6.45, 7) is 9.58. The van der Waals surface area contributed by atoms with Gasteiger partial charge in [-0.3, -0.25) is 4.79 Å². The number of piperazine rings is 1. The standard InChI is InChI=1S/C22H44N2O/c1-3-5-6-7-8-9-10-11-12-13-14-15-16-17-22(25)24-20-18-23(4-2)19-21-24/h3-21H2,1-2H3. The molecule has 1 rings (SSSR count). The number of unbranched alkanes of at least 4 members (excludes halogenated alkanes) is 12. The number of carbonyl (C=O) groups is 1. The quantitative estimate of drug-likeness (QED) is 0.356. The summed E-state index contributed by atoms with van der Waals surface area (Å²) >= 11 is 0. The largest absolute Gasteiger partial charge is 0.340 e. The number of nitrogens with zero attached hydrogens (tertiary/aromatic N) is 2. The first-order valence-corrected chi connectivity index (χ1v) is 11.3. The van der Waals surface area contributed by atoms with E-state index in [9.17, 15) is 4.79 Å². The molecule has 0 saturated carbocycles. The predicted octanol–water partition coefficient (Wildman–Crippen LogP) is 5.63. The van der Waals surface area contributed by atoms with E-state index in [1.165, 1.54) is 77.0 Å². The molecule has 0 unspecified atom stereocenters. The summed E-state index contributed by atoms with van der Waals surface area (Å²) in [7, 11) is 0. The van der Waals surface area contributed by atoms with Gasteiger partial charge in [-0.15, -0.1) is 0 Å². The van der Waals surface area contributed by atoms with Crippen LogP contribution in [-0.2, 0) is 4.79 Å². The Morgan fingerprint density at radius 2 is 1.08 bits per heavy atom. The van der Waals surface area contributed by atoms with Crippen LogP contribution in [0, 0.1) is 0 Å². The molecule has 1 saturated heterocycles. The lowest BCUT2D eigenvalue weighted by atomic mass is 10.0. The third kappa shape index (κ3) is 11.6. The molecule has 1 heterocycles. The van der Waals surface area contributed by atoms with Gasteiger partial charge in [0.2, 0.25) is 5.91 Å². The minimum atomic E-state index is 0.388. The molecular formula is C22H44N2O. The molecule has 1 aliphatic rings. The van der Waals surface area contributed by atoms with E-state index in [1.807, 2.05) is 0 Å². The van der Waals surface area contributed by atoms with Crippen molar-refractivity contribution in [3.63, 3.8) is 0 Å². The number of rotatable bonds is 15. The fraction of sp³-hybridized carbons (Fsp3) is 0.955. The molecule has 3 heteroatoms. The van der Waals surface area contributed by atoms with Crippen molar-refractivity contribution in [1.82, 2.24) is 9.80 Å². The summed E-state index contributed by atoms with van der Waals surface area (Å²) in [6, 6.07) is 0. The Morgan fingerprint density at radius 1 is 0.640 bits per heavy atom. The van der Waals surface area contributed by atoms with Crippen LogP contribution in [-0.4, -0.2) is 48.4 Å². The summed E-state index contributed by atoms with van der Waals surface area (Å²) < 4.78 is 0. The van der Waals surface area contributed by atoms with E-state index in [0.717, 1.165) is 45.6 Å². The van der Waals surface area contributed by atoms with Gasteiger partial charge in [0.05, 0.1) is 0 Å². The molecule has 0 aromatic heterocycles. The monoisotopic (exact) mass is 352 g/mol. The predicted molar refractivity (Wildman–Crippen MR) is 109 cm³/mol. The zero-order valence-electron chi connectivity index (χ0n) is 17.2. The lowest BCUT2D eigenvalue weighted by molar-refractivity contribution is -0.133. The molecule has 0 radical (unpaired) electrons. The molecule has 0 aliphatic carbocycles. The Hall–Kier alpha value is -0.570. The van der Waals surface area contributed by atoms with Crippen molar-refractivity contribution >= 4 is 5.91 Å². The second-order valence-corrected chi connectivity index (χ2v) is 7.81. The van der Waals surface area contributed by atoms with E-state index in [0.29, 0.717) is 5.91 Å². The normalized spacial score (nSPS) is 15.7. The zero-order chi connectivity index (χ0) is 18.2. The van der Waals surface area contributed by atoms with Gasteiger partial charge in [-0.05, 0) is 13.0 Å². The molecule has 0 aromatic rings. The molecule has 0 bridgehead atoms. The molecule has 0 N–H and O–H groups in total. The van der Waals surface area contributed by atoms with Crippen molar-refractivity contribution in [1.29, 1.82) is 0 Å². The highest BCUT2D eigenvalue weighted by Gasteiger charge is 2.19. The van der Waals surface area contributed by atoms with Crippen molar-refractivity contribution in [3.8, 4) is 0 Å². The van der Waals surface area contributed by atoms with Gasteiger partial charge in [-0.25, -0.2) is 0 Å². The van der Waals surface area contributed by atoms with Crippen molar-refractivity contribution in [2.75, 3.05) is 32.7 Å². The van der Waals surface area contributed by atoms with Gasteiger partial charge in [-0.2, -0.15) is 0 Å². The van der Waals surface area contributed by atoms with E-state index in [2.05, 4.69) is 23.6 Å². The second kappa shape index (κ2) is 15.7. The van der Waals surface area contributed by atoms with Gasteiger partial charge in [0.25, 0.3) is 0 Å². The lowest BCUT2D eigenvalue weighted by Gasteiger charge is -2.34. The maximum absolute atomic E-state index is 12.2. The molecule has 1 aliphatic heterocycles. The summed E-state index contributed by atoms with van der Waals surface area (Å²) in [4.78, 5) is 16.7. The maximum Gasteiger partial charge on any atom is 0.222 e. The van der Waals surface area contributed by atoms with E-state index in [1.54, 1.807) is 0 Å². The van der Waals surface area contributed by atoms with Crippen LogP contribution < -0.4 is 0 Å². The number of likely N-dealkylation sites (N-methyl/N-ethyl adjacent to an activating group) is 1. The van der Waals surface area contributed by atoms with Crippen molar-refractivity contribution in [3.05, 3.63) is 0 Å². The van der Waals surface area contributed by atoms with E-state index in [-0.39, 0.29) is 0 Å². The number of hydrogen-bond acceptors (Lipinski definition) is 2. The third-order valence-corrected chi connectivity index (χ3v) is 5.67. The van der Waals surface area contributed by atoms with Gasteiger partial charge in [-0.1, -0.05) is 90.9 Å². The van der Waals surface area contributed by atoms with Crippen LogP contribution in [0.1, 0.15) is 104 Å². The molecule has 25 heavy (non-hydrogen) atoms. The average Bonchev–Trinajstić information content (AvgIpc) is 2.65. The van der Waals surface area contributed by atoms with Crippen LogP contribution in [0.4, 0.5) is 0 Å². The van der Waals surface area contributed by atoms with Crippen LogP contribution in [0.15, 0.2) is 0 Å². The Bertz CT molecular complexity index is 311. The van der Waals surface area contributed by atoms with Crippen LogP contribution in [0.2, 0.25) is 0 Å². The van der Waals surface area contributed by atoms with Crippen molar-refractivity contribution in [2.45, 2.75) is 104 Å². The summed E-state index contributed by atoms with van der Waals surface area (Å²) in [5, 5.41) is 0. The Labute approximate surface area is 157 Å². The van der Waals surface area contributed by atoms with E-state index in [4.69, 9.17) is 0 Å². The minimum absolute atomic E-state index is 0.388. The lowest BCUT2D eigenvalue weighted by Crippen LogP contribution is -2.48. The first-order chi connectivity index (χ1) is 12.3. The highest BCUT2D eigenvalue weighted by Crippen LogP contribution is 2.13. The highest BCUT2D eigenvalue weighted by molar-refractivity contribution is 5.76. The van der Waals surface area contributed by atoms with E-state index >= 15 is 0 Å². The Morgan fingerprint density at radius 3 is 1.52 bits per heavy atom. The molecule has 0 spiro atoms. The van der Waals surface area contributed by atoms with Crippen LogP contribution in [0.25, 0.3) is 0 Å². The molecule has 1 fully saturated rings. The first-order valence-electron chi connectivity index (χ1n) is 11.3. The average molecular weight is 353 g/mol. The smallest absolute Gasteiger partial charge is 0.222 e. The second-order valence-electron chi connectivity index (χ2n) is 7.81. The fourth-order valence-corrected chi connectivity index (χ4v) is 3.77. The maximum atomic E-state index is 12.2. The Balaban J connectivity index is 1.82. The third-order valence-electron chi connectivity index (χ3n) is 5.67. The minimum Gasteiger partial charge on any atom is -0.340 e. The van der Waals surface area contributed by atoms with Crippen LogP contribution in [0.5, 0.6) is 0 Å². The van der Waals surface area contributed by atoms with Gasteiger partial charge in [0, 0.05) is 32.6 Å². The molecule has 0 atom stereocenters. The van der Waals surface area contributed by atoms with Crippen molar-refractivity contribution in [2.24, 2.45) is 0 Å². The zero-order valence-corrected chi connectivity index (χ0v) is 17.2. The van der Waals surface area contributed by atoms with Gasteiger partial charge < -0.3 is 9.80 Å². The van der Waals surface area contributed by atoms with Gasteiger partial charge in [0.15, 0.2) is 0 Å². The molecule has 1 amide bonds. The molecular weight excluding hydrogens is 308 g/mol. The molecule has 148 valence electrons. The number of hydrogen-bond donors (Lipinski definition) is 0. The molecule has 3 nitrogen and oxygen atoms in total. The highest BCUT2D eigenvalue weighted by atomic mass is 16.2. The van der Waals surface area contributed by atoms with Crippen LogP contribution in [0.3, 0.4) is 0 Å². The number of carbonyl (C=O) groups excluding carboxylic acids is 1. The Kier molecular flexibility index (Phi) is 14.1. The SMILES string of the molecule is CCCCCCCCCCCCCCCC(=O)N1CCN(CC)CC1. The first kappa shape index (κ1) is 22.5. The van der Waals surface area contributed by atoms with Gasteiger partial charge >= 0.3 is 0 Å². The summed E-state index contributed by atoms with van der Waals surface area (Å²) in [5.74, 6) is 0.388. The summed E-state index contributed by atoms with van der Waals surface area (Å²) in [6.07, 6.45) is 18.5. The van der Waals surface area contributed by atoms with Crippen LogP contribution >= 0.6 is 0 Å². The van der Waals surface area contributed by atoms with E-state index < -0.39 is 0 Å².